The van der Waals surface area contributed by atoms with E-state index in [-0.39, 0.29) is 51.3 Å². The third-order valence-corrected chi connectivity index (χ3v) is 20.8. The number of rotatable bonds is 11. The molecule has 1 aromatic carbocycles. The van der Waals surface area contributed by atoms with Gasteiger partial charge in [0, 0.05) is 31.7 Å². The van der Waals surface area contributed by atoms with Crippen molar-refractivity contribution < 1.29 is 27.5 Å². The van der Waals surface area contributed by atoms with Crippen molar-refractivity contribution in [3.63, 3.8) is 0 Å². The lowest BCUT2D eigenvalue weighted by atomic mass is 9.33. The maximum absolute atomic E-state index is 13.6. The van der Waals surface area contributed by atoms with E-state index in [1.807, 2.05) is 25.1 Å². The van der Waals surface area contributed by atoms with Crippen LogP contribution in [-0.4, -0.2) is 81.7 Å². The fraction of sp³-hybridized carbons (Fsp3) is 0.731. The second-order valence-corrected chi connectivity index (χ2v) is 24.5. The van der Waals surface area contributed by atoms with E-state index in [2.05, 4.69) is 70.5 Å². The summed E-state index contributed by atoms with van der Waals surface area (Å²) in [5.74, 6) is 2.90. The van der Waals surface area contributed by atoms with Gasteiger partial charge in [0.05, 0.1) is 23.7 Å². The molecule has 0 amide bonds. The van der Waals surface area contributed by atoms with Crippen LogP contribution in [0.15, 0.2) is 65.8 Å². The minimum absolute atomic E-state index is 0.0116. The van der Waals surface area contributed by atoms with Gasteiger partial charge in [0.15, 0.2) is 9.84 Å². The van der Waals surface area contributed by atoms with Crippen LogP contribution in [-0.2, 0) is 24.1 Å². The summed E-state index contributed by atoms with van der Waals surface area (Å²) in [7, 11) is -2.88. The number of benzene rings is 1. The number of nitrogens with one attached hydrogen (secondary N) is 1. The first-order chi connectivity index (χ1) is 28.8. The molecule has 0 bridgehead atoms. The number of nitrogens with zero attached hydrogens (tertiary/aromatic N) is 1. The van der Waals surface area contributed by atoms with Gasteiger partial charge in [-0.15, -0.1) is 0 Å². The van der Waals surface area contributed by atoms with Crippen LogP contribution in [0.4, 0.5) is 0 Å². The molecule has 1 heterocycles. The Labute approximate surface area is 368 Å². The molecule has 336 valence electrons. The standard InChI is InChI=1S/C52H76N2O6S/c1-9-59-46(56)51(35-60-45(55)38-13-11-10-12-14-38)24-17-37(18-25-51)40-20-22-48(6)42(47(40,4)5)21-23-50(8)43(48)16-15-41-44-39(36(2)3)19-26-52(44,28-27-49(41,50)7)53-29-30-54-31-33-61(57,58)34-32-54/h10-14,17,20,39,41-44,53H,2,9,15-16,18-19,21-35H2,1,3-8H3/t39-,41+,42-,43+,44+,48-,49+,50+,51?,52-/m0/s1. The quantitative estimate of drug-likeness (QED) is 0.174. The van der Waals surface area contributed by atoms with Gasteiger partial charge in [-0.3, -0.25) is 4.79 Å². The van der Waals surface area contributed by atoms with Crippen molar-refractivity contribution in [2.75, 3.05) is 50.9 Å². The zero-order valence-corrected chi connectivity index (χ0v) is 39.4. The fourth-order valence-electron chi connectivity index (χ4n) is 15.7. The summed E-state index contributed by atoms with van der Waals surface area (Å²) in [4.78, 5) is 28.9. The van der Waals surface area contributed by atoms with E-state index < -0.39 is 21.2 Å². The van der Waals surface area contributed by atoms with E-state index in [0.717, 1.165) is 25.9 Å². The van der Waals surface area contributed by atoms with E-state index >= 15 is 0 Å². The number of fused-ring (bicyclic) bond motifs is 7. The number of ether oxygens (including phenoxy) is 2. The number of carbonyl (C=O) groups excluding carboxylic acids is 2. The number of hydrogen-bond acceptors (Lipinski definition) is 8. The van der Waals surface area contributed by atoms with Gasteiger partial charge in [0.25, 0.3) is 0 Å². The lowest BCUT2D eigenvalue weighted by Gasteiger charge is -2.72. The van der Waals surface area contributed by atoms with Crippen LogP contribution in [0, 0.1) is 56.7 Å². The van der Waals surface area contributed by atoms with Crippen molar-refractivity contribution >= 4 is 21.8 Å². The van der Waals surface area contributed by atoms with Gasteiger partial charge in [-0.25, -0.2) is 13.2 Å². The number of allylic oxidation sites excluding steroid dienone is 5. The maximum atomic E-state index is 13.6. The van der Waals surface area contributed by atoms with E-state index in [1.54, 1.807) is 12.1 Å². The molecule has 1 aliphatic heterocycles. The maximum Gasteiger partial charge on any atom is 0.338 e. The Hall–Kier alpha value is -2.75. The van der Waals surface area contributed by atoms with Crippen LogP contribution in [0.3, 0.4) is 0 Å². The molecule has 61 heavy (non-hydrogen) atoms. The average Bonchev–Trinajstić information content (AvgIpc) is 3.61. The Morgan fingerprint density at radius 1 is 0.852 bits per heavy atom. The van der Waals surface area contributed by atoms with Gasteiger partial charge in [-0.2, -0.15) is 0 Å². The number of carbonyl (C=O) groups is 2. The Kier molecular flexibility index (Phi) is 12.0. The van der Waals surface area contributed by atoms with Gasteiger partial charge >= 0.3 is 11.9 Å². The summed E-state index contributed by atoms with van der Waals surface area (Å²) in [5, 5.41) is 4.23. The molecule has 5 fully saturated rings. The summed E-state index contributed by atoms with van der Waals surface area (Å²) in [6, 6.07) is 9.01. The third kappa shape index (κ3) is 7.54. The van der Waals surface area contributed by atoms with Crippen LogP contribution < -0.4 is 5.32 Å². The molecule has 0 radical (unpaired) electrons. The smallest absolute Gasteiger partial charge is 0.338 e. The van der Waals surface area contributed by atoms with Gasteiger partial charge in [-0.1, -0.05) is 77.1 Å². The molecule has 9 heteroatoms. The number of hydrogen-bond donors (Lipinski definition) is 1. The minimum Gasteiger partial charge on any atom is -0.465 e. The molecule has 7 aliphatic rings. The Morgan fingerprint density at radius 2 is 1.59 bits per heavy atom. The Bertz CT molecular complexity index is 2030. The molecular formula is C52H76N2O6S. The largest absolute Gasteiger partial charge is 0.465 e. The van der Waals surface area contributed by atoms with Crippen LogP contribution >= 0.6 is 0 Å². The highest BCUT2D eigenvalue weighted by molar-refractivity contribution is 7.91. The van der Waals surface area contributed by atoms with Gasteiger partial charge in [0.1, 0.15) is 12.0 Å². The van der Waals surface area contributed by atoms with Crippen LogP contribution in [0.25, 0.3) is 0 Å². The second-order valence-electron chi connectivity index (χ2n) is 22.2. The first kappa shape index (κ1) is 44.8. The normalized spacial score (nSPS) is 40.2. The molecule has 10 atom stereocenters. The van der Waals surface area contributed by atoms with Crippen molar-refractivity contribution in [3.05, 3.63) is 71.3 Å². The summed E-state index contributed by atoms with van der Waals surface area (Å²) < 4.78 is 35.7. The first-order valence-corrected chi connectivity index (χ1v) is 25.8. The Morgan fingerprint density at radius 3 is 2.26 bits per heavy atom. The van der Waals surface area contributed by atoms with Crippen LogP contribution in [0.1, 0.15) is 136 Å². The predicted octanol–water partition coefficient (Wildman–Crippen LogP) is 9.77. The van der Waals surface area contributed by atoms with E-state index in [4.69, 9.17) is 9.47 Å². The van der Waals surface area contributed by atoms with Crippen molar-refractivity contribution in [3.8, 4) is 0 Å². The Balaban J connectivity index is 1.01. The van der Waals surface area contributed by atoms with Gasteiger partial charge in [-0.05, 0) is 165 Å². The first-order valence-electron chi connectivity index (χ1n) is 24.0. The molecule has 8 rings (SSSR count). The highest BCUT2D eigenvalue weighted by Crippen LogP contribution is 2.76. The SMILES string of the molecule is C=C(C)[C@@H]1CC[C@]2(NCCN3CCS(=O)(=O)CC3)CC[C@]3(C)[C@H](CC[C@@H]4[C@@]5(C)CC=C(C6=CCC(COC(=O)c7ccccc7)(C(=O)OCC)CC6)C(C)(C)[C@@H]5CC[C@]43C)[C@@H]12. The predicted molar refractivity (Wildman–Crippen MR) is 244 cm³/mol. The average molecular weight is 857 g/mol. The summed E-state index contributed by atoms with van der Waals surface area (Å²) in [6.45, 7) is 25.3. The highest BCUT2D eigenvalue weighted by atomic mass is 32.2. The monoisotopic (exact) mass is 857 g/mol. The molecule has 1 saturated heterocycles. The number of sulfone groups is 1. The zero-order chi connectivity index (χ0) is 43.6. The van der Waals surface area contributed by atoms with Crippen molar-refractivity contribution in [2.45, 2.75) is 131 Å². The third-order valence-electron chi connectivity index (χ3n) is 19.1. The summed E-state index contributed by atoms with van der Waals surface area (Å²) >= 11 is 0. The van der Waals surface area contributed by atoms with Gasteiger partial charge in [0.2, 0.25) is 0 Å². The van der Waals surface area contributed by atoms with Gasteiger partial charge < -0.3 is 19.7 Å². The molecule has 0 spiro atoms. The second kappa shape index (κ2) is 16.4. The molecule has 0 aromatic heterocycles. The molecule has 1 aromatic rings. The molecule has 1 unspecified atom stereocenters. The lowest BCUT2D eigenvalue weighted by molar-refractivity contribution is -0.221. The van der Waals surface area contributed by atoms with E-state index in [9.17, 15) is 18.0 Å². The topological polar surface area (TPSA) is 102 Å². The molecule has 8 nitrogen and oxygen atoms in total. The molecular weight excluding hydrogens is 781 g/mol. The van der Waals surface area contributed by atoms with Crippen LogP contribution in [0.2, 0.25) is 0 Å². The highest BCUT2D eigenvalue weighted by Gasteiger charge is 2.70. The fourth-order valence-corrected chi connectivity index (χ4v) is 17.0. The minimum atomic E-state index is -2.88. The van der Waals surface area contributed by atoms with Crippen molar-refractivity contribution in [1.82, 2.24) is 10.2 Å². The molecule has 4 saturated carbocycles. The van der Waals surface area contributed by atoms with Crippen molar-refractivity contribution in [1.29, 1.82) is 0 Å². The number of esters is 2. The van der Waals surface area contributed by atoms with Crippen molar-refractivity contribution in [2.24, 2.45) is 56.7 Å². The lowest BCUT2D eigenvalue weighted by Crippen LogP contribution is -2.68. The van der Waals surface area contributed by atoms with E-state index in [1.165, 1.54) is 68.1 Å². The van der Waals surface area contributed by atoms with Crippen LogP contribution in [0.5, 0.6) is 0 Å². The molecule has 6 aliphatic carbocycles. The zero-order valence-electron chi connectivity index (χ0n) is 38.6. The summed E-state index contributed by atoms with van der Waals surface area (Å²) in [6.07, 6.45) is 17.8. The van der Waals surface area contributed by atoms with E-state index in [0.29, 0.717) is 67.7 Å². The summed E-state index contributed by atoms with van der Waals surface area (Å²) in [5.41, 5.74) is 4.60. The molecule has 1 N–H and O–H groups in total.